The lowest BCUT2D eigenvalue weighted by Crippen LogP contribution is -2.73. The highest BCUT2D eigenvalue weighted by Crippen LogP contribution is 2.35. The number of likely N-dealkylation sites (tertiary alicyclic amines) is 1. The van der Waals surface area contributed by atoms with Crippen molar-refractivity contribution in [2.45, 2.75) is 77.3 Å². The Morgan fingerprint density at radius 2 is 1.83 bits per heavy atom. The van der Waals surface area contributed by atoms with Crippen LogP contribution in [-0.4, -0.2) is 59.4 Å². The fraction of sp³-hybridized carbons (Fsp3) is 0.586. The van der Waals surface area contributed by atoms with Gasteiger partial charge in [-0.25, -0.2) is 0 Å². The molecule has 0 saturated carbocycles. The minimum absolute atomic E-state index is 0.0565. The van der Waals surface area contributed by atoms with Crippen LogP contribution < -0.4 is 10.1 Å². The second kappa shape index (κ2) is 11.4. The molecule has 1 aromatic carbocycles. The molecule has 1 spiro atoms. The molecule has 2 aliphatic heterocycles. The highest BCUT2D eigenvalue weighted by atomic mass is 16.5. The van der Waals surface area contributed by atoms with Crippen molar-refractivity contribution in [3.05, 3.63) is 53.8 Å². The number of para-hydroxylation sites is 1. The topological polar surface area (TPSA) is 61.9 Å². The molecular weight excluding hydrogens is 438 g/mol. The van der Waals surface area contributed by atoms with Gasteiger partial charge in [0.05, 0.1) is 0 Å². The van der Waals surface area contributed by atoms with E-state index in [1.807, 2.05) is 35.2 Å². The van der Waals surface area contributed by atoms with Crippen LogP contribution in [0.3, 0.4) is 0 Å². The first-order chi connectivity index (χ1) is 16.9. The normalized spacial score (nSPS) is 22.7. The maximum atomic E-state index is 13.4. The summed E-state index contributed by atoms with van der Waals surface area (Å²) < 4.78 is 5.99. The van der Waals surface area contributed by atoms with Gasteiger partial charge in [-0.1, -0.05) is 57.0 Å². The summed E-state index contributed by atoms with van der Waals surface area (Å²) in [6.45, 7) is 9.58. The van der Waals surface area contributed by atoms with Crippen LogP contribution >= 0.6 is 0 Å². The number of benzene rings is 1. The summed E-state index contributed by atoms with van der Waals surface area (Å²) in [6, 6.07) is 9.53. The van der Waals surface area contributed by atoms with E-state index < -0.39 is 5.54 Å². The number of piperazine rings is 1. The quantitative estimate of drug-likeness (QED) is 0.559. The molecule has 2 fully saturated rings. The van der Waals surface area contributed by atoms with E-state index in [4.69, 9.17) is 4.74 Å². The summed E-state index contributed by atoms with van der Waals surface area (Å²) in [5.41, 5.74) is 0.707. The molecule has 1 aliphatic carbocycles. The predicted molar refractivity (Wildman–Crippen MR) is 139 cm³/mol. The van der Waals surface area contributed by atoms with Gasteiger partial charge in [0.15, 0.2) is 0 Å². The van der Waals surface area contributed by atoms with Crippen LogP contribution in [-0.2, 0) is 9.59 Å². The van der Waals surface area contributed by atoms with Gasteiger partial charge in [-0.3, -0.25) is 14.5 Å². The molecule has 3 aliphatic rings. The molecule has 0 aromatic heterocycles. The molecule has 6 heteroatoms. The number of rotatable bonds is 9. The third-order valence-corrected chi connectivity index (χ3v) is 7.55. The Morgan fingerprint density at radius 3 is 2.46 bits per heavy atom. The zero-order valence-corrected chi connectivity index (χ0v) is 21.6. The van der Waals surface area contributed by atoms with Gasteiger partial charge in [-0.15, -0.1) is 0 Å². The number of ether oxygens (including phenoxy) is 1. The number of piperidine rings is 1. The summed E-state index contributed by atoms with van der Waals surface area (Å²) in [7, 11) is 0. The molecule has 1 aromatic rings. The van der Waals surface area contributed by atoms with E-state index >= 15 is 0 Å². The molecule has 0 bridgehead atoms. The maximum Gasteiger partial charge on any atom is 0.246 e. The summed E-state index contributed by atoms with van der Waals surface area (Å²) in [6.07, 6.45) is 10.2. The molecule has 190 valence electrons. The number of unbranched alkanes of at least 4 members (excludes halogenated alkanes) is 1. The fourth-order valence-corrected chi connectivity index (χ4v) is 5.53. The number of carbonyl (C=O) groups excluding carboxylic acids is 2. The van der Waals surface area contributed by atoms with Gasteiger partial charge >= 0.3 is 0 Å². The van der Waals surface area contributed by atoms with Gasteiger partial charge in [0.1, 0.15) is 23.1 Å². The van der Waals surface area contributed by atoms with Crippen molar-refractivity contribution in [3.8, 4) is 5.75 Å². The van der Waals surface area contributed by atoms with Crippen LogP contribution in [0, 0.1) is 5.92 Å². The Balaban J connectivity index is 1.37. The van der Waals surface area contributed by atoms with Gasteiger partial charge in [0.2, 0.25) is 11.8 Å². The largest absolute Gasteiger partial charge is 0.462 e. The number of amides is 2. The van der Waals surface area contributed by atoms with Crippen molar-refractivity contribution >= 4 is 11.8 Å². The number of hydrogen-bond donors (Lipinski definition) is 1. The maximum absolute atomic E-state index is 13.4. The second-order valence-electron chi connectivity index (χ2n) is 10.7. The molecule has 1 N–H and O–H groups in total. The monoisotopic (exact) mass is 479 g/mol. The van der Waals surface area contributed by atoms with Crippen LogP contribution in [0.15, 0.2) is 53.8 Å². The number of nitrogens with one attached hydrogen (secondary N) is 1. The van der Waals surface area contributed by atoms with Crippen LogP contribution in [0.1, 0.15) is 65.7 Å². The molecule has 2 amide bonds. The summed E-state index contributed by atoms with van der Waals surface area (Å²) >= 11 is 0. The highest BCUT2D eigenvalue weighted by molar-refractivity contribution is 6.00. The van der Waals surface area contributed by atoms with Gasteiger partial charge in [-0.05, 0) is 56.2 Å². The molecular formula is C29H41N3O3. The highest BCUT2D eigenvalue weighted by Gasteiger charge is 2.53. The lowest BCUT2D eigenvalue weighted by Gasteiger charge is -2.52. The molecule has 6 nitrogen and oxygen atoms in total. The minimum Gasteiger partial charge on any atom is -0.462 e. The standard InChI is InChI=1S/C29H41N3O3/c1-4-5-17-32-27(33)26(20-22(2)3)30-28(34)29(32)15-18-31(19-16-29)21-23-11-13-25(14-12-23)35-24-9-7-6-8-10-24/h6-11,13,22,26H,4-5,12,14-21H2,1-3H3,(H,30,34)/t26-/m0/s1. The predicted octanol–water partition coefficient (Wildman–Crippen LogP) is 4.68. The van der Waals surface area contributed by atoms with Gasteiger partial charge in [0, 0.05) is 32.6 Å². The molecule has 2 saturated heterocycles. The Labute approximate surface area is 210 Å². The lowest BCUT2D eigenvalue weighted by atomic mass is 9.80. The van der Waals surface area contributed by atoms with Crippen LogP contribution in [0.4, 0.5) is 0 Å². The average Bonchev–Trinajstić information content (AvgIpc) is 2.85. The smallest absolute Gasteiger partial charge is 0.246 e. The summed E-state index contributed by atoms with van der Waals surface area (Å²) in [4.78, 5) is 31.2. The molecule has 35 heavy (non-hydrogen) atoms. The first-order valence-electron chi connectivity index (χ1n) is 13.4. The zero-order chi connectivity index (χ0) is 24.8. The Morgan fingerprint density at radius 1 is 1.09 bits per heavy atom. The van der Waals surface area contributed by atoms with Gasteiger partial charge in [-0.2, -0.15) is 0 Å². The van der Waals surface area contributed by atoms with E-state index in [9.17, 15) is 9.59 Å². The summed E-state index contributed by atoms with van der Waals surface area (Å²) in [5, 5.41) is 3.10. The van der Waals surface area contributed by atoms with E-state index in [-0.39, 0.29) is 17.9 Å². The lowest BCUT2D eigenvalue weighted by molar-refractivity contribution is -0.161. The third kappa shape index (κ3) is 5.97. The van der Waals surface area contributed by atoms with E-state index in [0.717, 1.165) is 56.8 Å². The van der Waals surface area contributed by atoms with Crippen LogP contribution in [0.2, 0.25) is 0 Å². The van der Waals surface area contributed by atoms with Crippen molar-refractivity contribution in [3.63, 3.8) is 0 Å². The minimum atomic E-state index is -0.687. The number of nitrogens with zero attached hydrogens (tertiary/aromatic N) is 2. The fourth-order valence-electron chi connectivity index (χ4n) is 5.53. The number of hydrogen-bond acceptors (Lipinski definition) is 4. The number of allylic oxidation sites excluding steroid dienone is 3. The van der Waals surface area contributed by atoms with E-state index in [1.165, 1.54) is 5.57 Å². The van der Waals surface area contributed by atoms with E-state index in [1.54, 1.807) is 0 Å². The third-order valence-electron chi connectivity index (χ3n) is 7.55. The summed E-state index contributed by atoms with van der Waals surface area (Å²) in [5.74, 6) is 2.41. The SMILES string of the molecule is CCCCN1C(=O)[C@H](CC(C)C)NC(=O)C12CCN(CC1=CC=C(Oc3ccccc3)CC1)CC2. The van der Waals surface area contributed by atoms with Gasteiger partial charge < -0.3 is 15.0 Å². The van der Waals surface area contributed by atoms with Crippen molar-refractivity contribution in [2.75, 3.05) is 26.2 Å². The van der Waals surface area contributed by atoms with E-state index in [0.29, 0.717) is 31.7 Å². The second-order valence-corrected chi connectivity index (χ2v) is 10.7. The molecule has 2 heterocycles. The molecule has 0 unspecified atom stereocenters. The average molecular weight is 480 g/mol. The van der Waals surface area contributed by atoms with Crippen molar-refractivity contribution in [1.29, 1.82) is 0 Å². The molecule has 0 radical (unpaired) electrons. The van der Waals surface area contributed by atoms with E-state index in [2.05, 4.69) is 43.1 Å². The zero-order valence-electron chi connectivity index (χ0n) is 21.6. The molecule has 1 atom stereocenters. The first-order valence-corrected chi connectivity index (χ1v) is 13.4. The van der Waals surface area contributed by atoms with Crippen molar-refractivity contribution < 1.29 is 14.3 Å². The Hall–Kier alpha value is -2.60. The van der Waals surface area contributed by atoms with Crippen LogP contribution in [0.5, 0.6) is 5.75 Å². The van der Waals surface area contributed by atoms with Crippen molar-refractivity contribution in [2.24, 2.45) is 5.92 Å². The first kappa shape index (κ1) is 25.5. The van der Waals surface area contributed by atoms with Gasteiger partial charge in [0.25, 0.3) is 0 Å². The Bertz CT molecular complexity index is 945. The van der Waals surface area contributed by atoms with Crippen molar-refractivity contribution in [1.82, 2.24) is 15.1 Å². The number of carbonyl (C=O) groups is 2. The molecule has 4 rings (SSSR count). The van der Waals surface area contributed by atoms with Crippen LogP contribution in [0.25, 0.3) is 0 Å². The Kier molecular flexibility index (Phi) is 8.32.